The Balaban J connectivity index is 1.75. The summed E-state index contributed by atoms with van der Waals surface area (Å²) in [5.41, 5.74) is 0.409. The predicted molar refractivity (Wildman–Crippen MR) is 84.3 cm³/mol. The first-order valence-corrected chi connectivity index (χ1v) is 7.95. The van der Waals surface area contributed by atoms with Crippen LogP contribution in [0.25, 0.3) is 0 Å². The standard InChI is InChI=1S/C16H17ClN2O4/c17-11-3-1-2-4-12(11)19-14(20)9-13(15(19)21)18-7-5-10(6-8-18)16(22)23/h1-4,10,13H,5-9H2,(H,22,23). The number of nitrogens with zero attached hydrogens (tertiary/aromatic N) is 2. The van der Waals surface area contributed by atoms with Gasteiger partial charge in [-0.3, -0.25) is 19.3 Å². The van der Waals surface area contributed by atoms with E-state index in [1.54, 1.807) is 24.3 Å². The molecule has 2 aliphatic rings. The molecule has 23 heavy (non-hydrogen) atoms. The number of carboxylic acid groups (broad SMARTS) is 1. The quantitative estimate of drug-likeness (QED) is 0.851. The van der Waals surface area contributed by atoms with E-state index in [1.807, 2.05) is 4.90 Å². The minimum atomic E-state index is -0.795. The van der Waals surface area contributed by atoms with Gasteiger partial charge in [0.05, 0.1) is 29.1 Å². The number of amides is 2. The highest BCUT2D eigenvalue weighted by Gasteiger charge is 2.44. The molecule has 7 heteroatoms. The van der Waals surface area contributed by atoms with Crippen LogP contribution in [0.15, 0.2) is 24.3 Å². The van der Waals surface area contributed by atoms with Gasteiger partial charge in [-0.2, -0.15) is 0 Å². The molecule has 2 aliphatic heterocycles. The summed E-state index contributed by atoms with van der Waals surface area (Å²) in [6.07, 6.45) is 1.11. The highest BCUT2D eigenvalue weighted by atomic mass is 35.5. The lowest BCUT2D eigenvalue weighted by Crippen LogP contribution is -2.46. The molecular weight excluding hydrogens is 320 g/mol. The van der Waals surface area contributed by atoms with Crippen LogP contribution in [0.4, 0.5) is 5.69 Å². The molecule has 1 unspecified atom stereocenters. The molecule has 122 valence electrons. The zero-order valence-electron chi connectivity index (χ0n) is 12.4. The number of carbonyl (C=O) groups is 3. The lowest BCUT2D eigenvalue weighted by atomic mass is 9.96. The van der Waals surface area contributed by atoms with Crippen LogP contribution in [0.1, 0.15) is 19.3 Å². The number of hydrogen-bond acceptors (Lipinski definition) is 4. The second kappa shape index (κ2) is 6.29. The molecule has 1 aromatic rings. The van der Waals surface area contributed by atoms with E-state index in [0.29, 0.717) is 36.6 Å². The molecule has 2 heterocycles. The molecule has 1 N–H and O–H groups in total. The number of benzene rings is 1. The molecule has 0 saturated carbocycles. The minimum absolute atomic E-state index is 0.113. The smallest absolute Gasteiger partial charge is 0.306 e. The van der Waals surface area contributed by atoms with Crippen molar-refractivity contribution in [2.75, 3.05) is 18.0 Å². The topological polar surface area (TPSA) is 77.9 Å². The number of anilines is 1. The highest BCUT2D eigenvalue weighted by Crippen LogP contribution is 2.32. The molecular formula is C16H17ClN2O4. The second-order valence-corrected chi connectivity index (χ2v) is 6.29. The lowest BCUT2D eigenvalue weighted by molar-refractivity contribution is -0.143. The number of para-hydroxylation sites is 1. The van der Waals surface area contributed by atoms with E-state index >= 15 is 0 Å². The number of piperidine rings is 1. The van der Waals surface area contributed by atoms with Crippen molar-refractivity contribution in [1.82, 2.24) is 4.90 Å². The fraction of sp³-hybridized carbons (Fsp3) is 0.438. The van der Waals surface area contributed by atoms with Crippen LogP contribution in [0.2, 0.25) is 5.02 Å². The van der Waals surface area contributed by atoms with Gasteiger partial charge in [-0.05, 0) is 38.1 Å². The zero-order chi connectivity index (χ0) is 16.6. The normalized spacial score (nSPS) is 23.5. The van der Waals surface area contributed by atoms with Crippen molar-refractivity contribution in [3.05, 3.63) is 29.3 Å². The summed E-state index contributed by atoms with van der Waals surface area (Å²) in [4.78, 5) is 39.0. The fourth-order valence-electron chi connectivity index (χ4n) is 3.25. The number of halogens is 1. The maximum absolute atomic E-state index is 12.7. The van der Waals surface area contributed by atoms with Crippen molar-refractivity contribution in [2.24, 2.45) is 5.92 Å². The van der Waals surface area contributed by atoms with Gasteiger partial charge in [0.2, 0.25) is 5.91 Å². The first kappa shape index (κ1) is 16.0. The Hall–Kier alpha value is -1.92. The third kappa shape index (κ3) is 2.96. The van der Waals surface area contributed by atoms with Crippen LogP contribution >= 0.6 is 11.6 Å². The number of carbonyl (C=O) groups excluding carboxylic acids is 2. The summed E-state index contributed by atoms with van der Waals surface area (Å²) in [6.45, 7) is 1.02. The van der Waals surface area contributed by atoms with Crippen molar-refractivity contribution in [1.29, 1.82) is 0 Å². The van der Waals surface area contributed by atoms with E-state index in [4.69, 9.17) is 16.7 Å². The average Bonchev–Trinajstić information content (AvgIpc) is 2.83. The molecule has 0 aliphatic carbocycles. The van der Waals surface area contributed by atoms with Crippen molar-refractivity contribution in [2.45, 2.75) is 25.3 Å². The first-order valence-electron chi connectivity index (χ1n) is 7.57. The number of aliphatic carboxylic acids is 1. The van der Waals surface area contributed by atoms with E-state index < -0.39 is 12.0 Å². The fourth-order valence-corrected chi connectivity index (χ4v) is 3.47. The molecule has 1 atom stereocenters. The Kier molecular flexibility index (Phi) is 4.37. The summed E-state index contributed by atoms with van der Waals surface area (Å²) in [6, 6.07) is 6.24. The molecule has 3 rings (SSSR count). The van der Waals surface area contributed by atoms with E-state index in [-0.39, 0.29) is 24.2 Å². The third-order valence-corrected chi connectivity index (χ3v) is 4.86. The molecule has 0 radical (unpaired) electrons. The van der Waals surface area contributed by atoms with E-state index in [0.717, 1.165) is 4.90 Å². The van der Waals surface area contributed by atoms with Gasteiger partial charge in [0.1, 0.15) is 0 Å². The molecule has 0 aromatic heterocycles. The number of hydrogen-bond donors (Lipinski definition) is 1. The van der Waals surface area contributed by atoms with Crippen LogP contribution in [0.5, 0.6) is 0 Å². The van der Waals surface area contributed by atoms with Crippen LogP contribution in [0, 0.1) is 5.92 Å². The summed E-state index contributed by atoms with van der Waals surface area (Å²) in [5, 5.41) is 9.40. The second-order valence-electron chi connectivity index (χ2n) is 5.89. The van der Waals surface area contributed by atoms with Crippen molar-refractivity contribution in [3.8, 4) is 0 Å². The summed E-state index contributed by atoms with van der Waals surface area (Å²) in [7, 11) is 0. The van der Waals surface area contributed by atoms with Crippen LogP contribution < -0.4 is 4.90 Å². The van der Waals surface area contributed by atoms with Gasteiger partial charge < -0.3 is 5.11 Å². The minimum Gasteiger partial charge on any atom is -0.481 e. The van der Waals surface area contributed by atoms with Crippen molar-refractivity contribution in [3.63, 3.8) is 0 Å². The Morgan fingerprint density at radius 1 is 1.17 bits per heavy atom. The SMILES string of the molecule is O=C(O)C1CCN(C2CC(=O)N(c3ccccc3Cl)C2=O)CC1. The van der Waals surface area contributed by atoms with Crippen molar-refractivity contribution >= 4 is 35.1 Å². The molecule has 1 aromatic carbocycles. The molecule has 0 bridgehead atoms. The van der Waals surface area contributed by atoms with Gasteiger partial charge in [0.25, 0.3) is 5.91 Å². The molecule has 6 nitrogen and oxygen atoms in total. The monoisotopic (exact) mass is 336 g/mol. The Morgan fingerprint density at radius 2 is 1.83 bits per heavy atom. The Morgan fingerprint density at radius 3 is 2.43 bits per heavy atom. The summed E-state index contributed by atoms with van der Waals surface area (Å²) < 4.78 is 0. The van der Waals surface area contributed by atoms with Gasteiger partial charge in [-0.25, -0.2) is 4.90 Å². The average molecular weight is 337 g/mol. The van der Waals surface area contributed by atoms with Crippen LogP contribution in [0.3, 0.4) is 0 Å². The van der Waals surface area contributed by atoms with Gasteiger partial charge in [-0.1, -0.05) is 23.7 Å². The molecule has 0 spiro atoms. The number of likely N-dealkylation sites (tertiary alicyclic amines) is 1. The Bertz CT molecular complexity index is 655. The highest BCUT2D eigenvalue weighted by molar-refractivity contribution is 6.36. The number of rotatable bonds is 3. The van der Waals surface area contributed by atoms with Gasteiger partial charge in [-0.15, -0.1) is 0 Å². The van der Waals surface area contributed by atoms with Gasteiger partial charge in [0.15, 0.2) is 0 Å². The third-order valence-electron chi connectivity index (χ3n) is 4.54. The lowest BCUT2D eigenvalue weighted by Gasteiger charge is -2.33. The summed E-state index contributed by atoms with van der Waals surface area (Å²) >= 11 is 6.10. The molecule has 2 saturated heterocycles. The Labute approximate surface area is 138 Å². The van der Waals surface area contributed by atoms with E-state index in [1.165, 1.54) is 0 Å². The van der Waals surface area contributed by atoms with Gasteiger partial charge >= 0.3 is 5.97 Å². The maximum atomic E-state index is 12.7. The van der Waals surface area contributed by atoms with E-state index in [2.05, 4.69) is 0 Å². The van der Waals surface area contributed by atoms with Gasteiger partial charge in [0, 0.05) is 0 Å². The van der Waals surface area contributed by atoms with Crippen LogP contribution in [-0.2, 0) is 14.4 Å². The maximum Gasteiger partial charge on any atom is 0.306 e. The van der Waals surface area contributed by atoms with Crippen LogP contribution in [-0.4, -0.2) is 46.9 Å². The van der Waals surface area contributed by atoms with E-state index in [9.17, 15) is 14.4 Å². The summed E-state index contributed by atoms with van der Waals surface area (Å²) in [5.74, 6) is -1.71. The zero-order valence-corrected chi connectivity index (χ0v) is 13.2. The number of imide groups is 1. The molecule has 2 fully saturated rings. The first-order chi connectivity index (χ1) is 11.0. The largest absolute Gasteiger partial charge is 0.481 e. The predicted octanol–water partition coefficient (Wildman–Crippen LogP) is 1.77. The van der Waals surface area contributed by atoms with Crippen molar-refractivity contribution < 1.29 is 19.5 Å². The molecule has 2 amide bonds. The number of carboxylic acids is 1.